The Morgan fingerprint density at radius 1 is 0.833 bits per heavy atom. The number of hydrogen-bond donors (Lipinski definition) is 0. The third-order valence-corrected chi connectivity index (χ3v) is 4.14. The molecule has 0 N–H and O–H groups in total. The van der Waals surface area contributed by atoms with Gasteiger partial charge < -0.3 is 4.74 Å². The van der Waals surface area contributed by atoms with E-state index >= 15 is 0 Å². The van der Waals surface area contributed by atoms with Crippen molar-refractivity contribution >= 4 is 0 Å². The number of aryl methyl sites for hydroxylation is 1. The number of rotatable bonds is 10. The lowest BCUT2D eigenvalue weighted by molar-refractivity contribution is 0.361. The summed E-state index contributed by atoms with van der Waals surface area (Å²) >= 11 is 0. The minimum atomic E-state index is 0.653. The van der Waals surface area contributed by atoms with Gasteiger partial charge in [-0.2, -0.15) is 0 Å². The minimum Gasteiger partial charge on any atom is -0.490 e. The van der Waals surface area contributed by atoms with Crippen molar-refractivity contribution < 1.29 is 4.74 Å². The smallest absolute Gasteiger partial charge is 0.119 e. The summed E-state index contributed by atoms with van der Waals surface area (Å²) in [5.41, 5.74) is 5.65. The molecule has 0 atom stereocenters. The van der Waals surface area contributed by atoms with Gasteiger partial charge in [0.2, 0.25) is 0 Å². The molecule has 0 bridgehead atoms. The number of benzene rings is 1. The minimum absolute atomic E-state index is 0.653. The van der Waals surface area contributed by atoms with Gasteiger partial charge in [-0.25, -0.2) is 0 Å². The Labute approximate surface area is 149 Å². The summed E-state index contributed by atoms with van der Waals surface area (Å²) in [7, 11) is 0. The lowest BCUT2D eigenvalue weighted by Crippen LogP contribution is -1.95. The molecular weight excluding hydrogens is 292 g/mol. The monoisotopic (exact) mass is 326 g/mol. The molecular formula is C23H34O. The van der Waals surface area contributed by atoms with Crippen LogP contribution < -0.4 is 4.74 Å². The summed E-state index contributed by atoms with van der Waals surface area (Å²) in [5, 5.41) is 0. The molecule has 0 amide bonds. The second-order valence-electron chi connectivity index (χ2n) is 6.77. The largest absolute Gasteiger partial charge is 0.490 e. The van der Waals surface area contributed by atoms with Crippen molar-refractivity contribution in [3.63, 3.8) is 0 Å². The van der Waals surface area contributed by atoms with Crippen molar-refractivity contribution in [2.75, 3.05) is 6.61 Å². The van der Waals surface area contributed by atoms with Crippen LogP contribution in [0, 0.1) is 0 Å². The molecule has 1 heteroatoms. The van der Waals surface area contributed by atoms with E-state index in [1.54, 1.807) is 0 Å². The first-order chi connectivity index (χ1) is 11.5. The Morgan fingerprint density at radius 2 is 1.42 bits per heavy atom. The highest BCUT2D eigenvalue weighted by atomic mass is 16.5. The Kier molecular flexibility index (Phi) is 9.91. The highest BCUT2D eigenvalue weighted by Gasteiger charge is 1.95. The zero-order chi connectivity index (χ0) is 17.8. The van der Waals surface area contributed by atoms with Gasteiger partial charge >= 0.3 is 0 Å². The molecule has 0 aliphatic carbocycles. The van der Waals surface area contributed by atoms with Crippen molar-refractivity contribution in [3.05, 3.63) is 64.8 Å². The second-order valence-corrected chi connectivity index (χ2v) is 6.77. The van der Waals surface area contributed by atoms with Crippen LogP contribution in [0.5, 0.6) is 5.75 Å². The van der Waals surface area contributed by atoms with Gasteiger partial charge in [0.15, 0.2) is 0 Å². The lowest BCUT2D eigenvalue weighted by Gasteiger charge is -2.05. The normalized spacial score (nSPS) is 12.2. The molecule has 0 heterocycles. The zero-order valence-electron chi connectivity index (χ0n) is 16.2. The third-order valence-electron chi connectivity index (χ3n) is 4.14. The summed E-state index contributed by atoms with van der Waals surface area (Å²) in [5.74, 6) is 0.950. The van der Waals surface area contributed by atoms with Crippen molar-refractivity contribution in [2.45, 2.75) is 66.7 Å². The Bertz CT molecular complexity index is 554. The SMILES string of the molecule is CCc1ccc(OC/C=C(/C)CC/C=C(\C)CCC=C(C)C)cc1. The van der Waals surface area contributed by atoms with E-state index in [4.69, 9.17) is 4.74 Å². The fraction of sp³-hybridized carbons (Fsp3) is 0.478. The third kappa shape index (κ3) is 9.39. The Morgan fingerprint density at radius 3 is 2.00 bits per heavy atom. The summed E-state index contributed by atoms with van der Waals surface area (Å²) in [4.78, 5) is 0. The van der Waals surface area contributed by atoms with Crippen LogP contribution in [-0.4, -0.2) is 6.61 Å². The molecule has 0 spiro atoms. The van der Waals surface area contributed by atoms with E-state index in [0.29, 0.717) is 6.61 Å². The Balaban J connectivity index is 2.27. The highest BCUT2D eigenvalue weighted by Crippen LogP contribution is 2.14. The molecule has 1 aromatic rings. The molecule has 0 saturated heterocycles. The molecule has 0 aliphatic heterocycles. The van der Waals surface area contributed by atoms with Crippen LogP contribution in [0.2, 0.25) is 0 Å². The maximum absolute atomic E-state index is 5.78. The molecule has 0 unspecified atom stereocenters. The van der Waals surface area contributed by atoms with E-state index in [1.807, 2.05) is 0 Å². The van der Waals surface area contributed by atoms with Gasteiger partial charge in [0.25, 0.3) is 0 Å². The van der Waals surface area contributed by atoms with E-state index in [-0.39, 0.29) is 0 Å². The first-order valence-electron chi connectivity index (χ1n) is 9.17. The fourth-order valence-electron chi connectivity index (χ4n) is 2.44. The molecule has 1 aromatic carbocycles. The highest BCUT2D eigenvalue weighted by molar-refractivity contribution is 5.27. The number of hydrogen-bond acceptors (Lipinski definition) is 1. The van der Waals surface area contributed by atoms with Crippen molar-refractivity contribution in [1.29, 1.82) is 0 Å². The molecule has 1 rings (SSSR count). The topological polar surface area (TPSA) is 9.23 Å². The van der Waals surface area contributed by atoms with Gasteiger partial charge in [-0.15, -0.1) is 0 Å². The van der Waals surface area contributed by atoms with Crippen LogP contribution >= 0.6 is 0 Å². The predicted molar refractivity (Wildman–Crippen MR) is 107 cm³/mol. The molecule has 0 saturated carbocycles. The van der Waals surface area contributed by atoms with E-state index in [1.165, 1.54) is 28.7 Å². The van der Waals surface area contributed by atoms with Crippen molar-refractivity contribution in [1.82, 2.24) is 0 Å². The molecule has 0 aromatic heterocycles. The van der Waals surface area contributed by atoms with Gasteiger partial charge in [-0.05, 0) is 83.6 Å². The average molecular weight is 327 g/mol. The van der Waals surface area contributed by atoms with Gasteiger partial charge in [-0.1, -0.05) is 47.9 Å². The lowest BCUT2D eigenvalue weighted by atomic mass is 10.1. The van der Waals surface area contributed by atoms with E-state index in [9.17, 15) is 0 Å². The number of ether oxygens (including phenoxy) is 1. The maximum atomic E-state index is 5.78. The first kappa shape index (κ1) is 20.3. The molecule has 0 radical (unpaired) electrons. The van der Waals surface area contributed by atoms with E-state index in [0.717, 1.165) is 31.4 Å². The predicted octanol–water partition coefficient (Wildman–Crippen LogP) is 7.05. The van der Waals surface area contributed by atoms with Gasteiger partial charge in [0, 0.05) is 0 Å². The average Bonchev–Trinajstić information content (AvgIpc) is 2.55. The fourth-order valence-corrected chi connectivity index (χ4v) is 2.44. The van der Waals surface area contributed by atoms with Crippen LogP contribution in [-0.2, 0) is 6.42 Å². The standard InChI is InChI=1S/C23H34O/c1-6-22-13-15-23(16-14-22)24-18-17-21(5)12-8-11-20(4)10-7-9-19(2)3/h9,11,13-17H,6-8,10,12,18H2,1-5H3/b20-11+,21-17-. The van der Waals surface area contributed by atoms with Crippen molar-refractivity contribution in [3.8, 4) is 5.75 Å². The van der Waals surface area contributed by atoms with Crippen LogP contribution in [0.25, 0.3) is 0 Å². The second kappa shape index (κ2) is 11.7. The van der Waals surface area contributed by atoms with Crippen LogP contribution in [0.4, 0.5) is 0 Å². The zero-order valence-corrected chi connectivity index (χ0v) is 16.2. The summed E-state index contributed by atoms with van der Waals surface area (Å²) < 4.78 is 5.78. The number of allylic oxidation sites excluding steroid dienone is 5. The van der Waals surface area contributed by atoms with Gasteiger partial charge in [-0.3, -0.25) is 0 Å². The van der Waals surface area contributed by atoms with Crippen molar-refractivity contribution in [2.24, 2.45) is 0 Å². The quantitative estimate of drug-likeness (QED) is 0.419. The molecule has 132 valence electrons. The molecule has 24 heavy (non-hydrogen) atoms. The Hall–Kier alpha value is -1.76. The summed E-state index contributed by atoms with van der Waals surface area (Å²) in [6, 6.07) is 8.38. The molecule has 0 fully saturated rings. The van der Waals surface area contributed by atoms with E-state index in [2.05, 4.69) is 77.1 Å². The first-order valence-corrected chi connectivity index (χ1v) is 9.17. The van der Waals surface area contributed by atoms with Gasteiger partial charge in [0.1, 0.15) is 12.4 Å². The van der Waals surface area contributed by atoms with E-state index < -0.39 is 0 Å². The maximum Gasteiger partial charge on any atom is 0.119 e. The van der Waals surface area contributed by atoms with Crippen LogP contribution in [0.3, 0.4) is 0 Å². The summed E-state index contributed by atoms with van der Waals surface area (Å²) in [6.07, 6.45) is 12.5. The molecule has 1 nitrogen and oxygen atoms in total. The van der Waals surface area contributed by atoms with Gasteiger partial charge in [0.05, 0.1) is 0 Å². The molecule has 0 aliphatic rings. The van der Waals surface area contributed by atoms with Crippen LogP contribution in [0.15, 0.2) is 59.2 Å². The summed E-state index contributed by atoms with van der Waals surface area (Å²) in [6.45, 7) is 11.6. The van der Waals surface area contributed by atoms with Crippen LogP contribution in [0.1, 0.15) is 65.9 Å².